The Labute approximate surface area is 108 Å². The third kappa shape index (κ3) is 5.15. The van der Waals surface area contributed by atoms with Crippen molar-refractivity contribution < 1.29 is 5.11 Å². The zero-order valence-electron chi connectivity index (χ0n) is 11.3. The monoisotopic (exact) mass is 256 g/mol. The maximum Gasteiger partial charge on any atom is 0.0981 e. The average molecular weight is 256 g/mol. The van der Waals surface area contributed by atoms with E-state index in [1.165, 1.54) is 9.88 Å². The minimum absolute atomic E-state index is 0.144. The van der Waals surface area contributed by atoms with Crippen molar-refractivity contribution in [1.29, 1.82) is 0 Å². The first kappa shape index (κ1) is 14.6. The zero-order valence-corrected chi connectivity index (χ0v) is 12.1. The molecule has 0 fully saturated rings. The van der Waals surface area contributed by atoms with Crippen LogP contribution in [0.15, 0.2) is 6.20 Å². The summed E-state index contributed by atoms with van der Waals surface area (Å²) in [6.45, 7) is 9.87. The highest BCUT2D eigenvalue weighted by Gasteiger charge is 2.17. The summed E-state index contributed by atoms with van der Waals surface area (Å²) in [6.07, 6.45) is 3.85. The summed E-state index contributed by atoms with van der Waals surface area (Å²) in [5, 5.41) is 13.4. The predicted molar refractivity (Wildman–Crippen MR) is 73.4 cm³/mol. The lowest BCUT2D eigenvalue weighted by atomic mass is 9.98. The van der Waals surface area contributed by atoms with E-state index in [1.807, 2.05) is 6.20 Å². The van der Waals surface area contributed by atoms with Crippen LogP contribution in [0.1, 0.15) is 50.4 Å². The highest BCUT2D eigenvalue weighted by molar-refractivity contribution is 7.11. The molecule has 0 saturated carbocycles. The molecule has 1 heterocycles. The van der Waals surface area contributed by atoms with Crippen LogP contribution in [0.3, 0.4) is 0 Å². The van der Waals surface area contributed by atoms with E-state index in [4.69, 9.17) is 5.11 Å². The van der Waals surface area contributed by atoms with Crippen LogP contribution in [0.2, 0.25) is 0 Å². The standard InChI is InChI=1S/C13H24N2OS/c1-10(6-5-7-16)14-8-11-9-15-12(17-11)13(2,3)4/h9-10,14,16H,5-8H2,1-4H3. The maximum absolute atomic E-state index is 8.76. The Balaban J connectivity index is 2.40. The van der Waals surface area contributed by atoms with Gasteiger partial charge >= 0.3 is 0 Å². The number of aliphatic hydroxyl groups excluding tert-OH is 1. The quantitative estimate of drug-likeness (QED) is 0.822. The Kier molecular flexibility index (Phi) is 5.56. The topological polar surface area (TPSA) is 45.1 Å². The third-order valence-electron chi connectivity index (χ3n) is 2.62. The summed E-state index contributed by atoms with van der Waals surface area (Å²) in [5.74, 6) is 0. The number of nitrogens with one attached hydrogen (secondary N) is 1. The van der Waals surface area contributed by atoms with Crippen molar-refractivity contribution in [2.24, 2.45) is 0 Å². The molecule has 0 aromatic carbocycles. The van der Waals surface area contributed by atoms with Gasteiger partial charge in [0.2, 0.25) is 0 Å². The van der Waals surface area contributed by atoms with E-state index >= 15 is 0 Å². The second kappa shape index (κ2) is 6.47. The molecule has 17 heavy (non-hydrogen) atoms. The lowest BCUT2D eigenvalue weighted by molar-refractivity contribution is 0.276. The molecule has 0 aliphatic heterocycles. The van der Waals surface area contributed by atoms with E-state index in [1.54, 1.807) is 11.3 Å². The Morgan fingerprint density at radius 3 is 2.71 bits per heavy atom. The van der Waals surface area contributed by atoms with Crippen molar-refractivity contribution in [3.8, 4) is 0 Å². The van der Waals surface area contributed by atoms with Gasteiger partial charge in [-0.15, -0.1) is 11.3 Å². The van der Waals surface area contributed by atoms with Crippen LogP contribution in [-0.4, -0.2) is 22.7 Å². The lowest BCUT2D eigenvalue weighted by Gasteiger charge is -2.14. The molecule has 0 saturated heterocycles. The van der Waals surface area contributed by atoms with Crippen molar-refractivity contribution in [3.05, 3.63) is 16.1 Å². The SMILES string of the molecule is CC(CCCO)NCc1cnc(C(C)(C)C)s1. The summed E-state index contributed by atoms with van der Waals surface area (Å²) in [6, 6.07) is 0.447. The predicted octanol–water partition coefficient (Wildman–Crippen LogP) is 2.69. The van der Waals surface area contributed by atoms with Gasteiger partial charge in [0, 0.05) is 35.7 Å². The molecule has 98 valence electrons. The van der Waals surface area contributed by atoms with Crippen LogP contribution in [0.5, 0.6) is 0 Å². The first-order valence-corrected chi connectivity index (χ1v) is 7.04. The molecule has 1 unspecified atom stereocenters. The molecule has 4 heteroatoms. The number of thiazole rings is 1. The lowest BCUT2D eigenvalue weighted by Crippen LogP contribution is -2.25. The molecule has 1 aromatic heterocycles. The number of nitrogens with zero attached hydrogens (tertiary/aromatic N) is 1. The van der Waals surface area contributed by atoms with Crippen molar-refractivity contribution in [1.82, 2.24) is 10.3 Å². The van der Waals surface area contributed by atoms with Gasteiger partial charge in [-0.2, -0.15) is 0 Å². The van der Waals surface area contributed by atoms with Crippen LogP contribution in [0.4, 0.5) is 0 Å². The Hall–Kier alpha value is -0.450. The molecule has 2 N–H and O–H groups in total. The van der Waals surface area contributed by atoms with Crippen molar-refractivity contribution in [2.75, 3.05) is 6.61 Å². The molecule has 1 aromatic rings. The Morgan fingerprint density at radius 1 is 1.47 bits per heavy atom. The zero-order chi connectivity index (χ0) is 12.9. The fraction of sp³-hybridized carbons (Fsp3) is 0.769. The van der Waals surface area contributed by atoms with E-state index < -0.39 is 0 Å². The highest BCUT2D eigenvalue weighted by atomic mass is 32.1. The fourth-order valence-corrected chi connectivity index (χ4v) is 2.43. The summed E-state index contributed by atoms with van der Waals surface area (Å²) < 4.78 is 0. The van der Waals surface area contributed by atoms with E-state index in [2.05, 4.69) is 38.0 Å². The van der Waals surface area contributed by atoms with Gasteiger partial charge < -0.3 is 10.4 Å². The molecule has 0 bridgehead atoms. The molecular weight excluding hydrogens is 232 g/mol. The number of rotatable bonds is 6. The molecule has 0 radical (unpaired) electrons. The minimum Gasteiger partial charge on any atom is -0.396 e. The normalized spacial score (nSPS) is 13.9. The van der Waals surface area contributed by atoms with Crippen LogP contribution >= 0.6 is 11.3 Å². The third-order valence-corrected chi connectivity index (χ3v) is 4.04. The van der Waals surface area contributed by atoms with Gasteiger partial charge in [-0.25, -0.2) is 4.98 Å². The Bertz CT molecular complexity index is 330. The van der Waals surface area contributed by atoms with Gasteiger partial charge in [0.1, 0.15) is 0 Å². The summed E-state index contributed by atoms with van der Waals surface area (Å²) >= 11 is 1.78. The Morgan fingerprint density at radius 2 is 2.18 bits per heavy atom. The van der Waals surface area contributed by atoms with Gasteiger partial charge in [0.15, 0.2) is 0 Å². The maximum atomic E-state index is 8.76. The molecule has 3 nitrogen and oxygen atoms in total. The molecule has 0 spiro atoms. The second-order valence-electron chi connectivity index (χ2n) is 5.53. The molecular formula is C13H24N2OS. The van der Waals surface area contributed by atoms with Crippen LogP contribution in [0, 0.1) is 0 Å². The van der Waals surface area contributed by atoms with E-state index in [-0.39, 0.29) is 12.0 Å². The molecule has 0 aliphatic carbocycles. The van der Waals surface area contributed by atoms with Gasteiger partial charge in [0.25, 0.3) is 0 Å². The largest absolute Gasteiger partial charge is 0.396 e. The number of aromatic nitrogens is 1. The summed E-state index contributed by atoms with van der Waals surface area (Å²) in [7, 11) is 0. The van der Waals surface area contributed by atoms with Crippen molar-refractivity contribution in [3.63, 3.8) is 0 Å². The van der Waals surface area contributed by atoms with Crippen LogP contribution < -0.4 is 5.32 Å². The van der Waals surface area contributed by atoms with Gasteiger partial charge in [-0.05, 0) is 19.8 Å². The average Bonchev–Trinajstić information content (AvgIpc) is 2.71. The first-order chi connectivity index (χ1) is 7.93. The number of hydrogen-bond donors (Lipinski definition) is 2. The van der Waals surface area contributed by atoms with E-state index in [0.717, 1.165) is 19.4 Å². The van der Waals surface area contributed by atoms with Crippen LogP contribution in [0.25, 0.3) is 0 Å². The van der Waals surface area contributed by atoms with Crippen molar-refractivity contribution in [2.45, 2.75) is 58.5 Å². The molecule has 0 amide bonds. The fourth-order valence-electron chi connectivity index (χ4n) is 1.51. The number of hydrogen-bond acceptors (Lipinski definition) is 4. The molecule has 1 rings (SSSR count). The minimum atomic E-state index is 0.144. The van der Waals surface area contributed by atoms with Gasteiger partial charge in [-0.3, -0.25) is 0 Å². The summed E-state index contributed by atoms with van der Waals surface area (Å²) in [4.78, 5) is 5.75. The van der Waals surface area contributed by atoms with Crippen LogP contribution in [-0.2, 0) is 12.0 Å². The molecule has 0 aliphatic rings. The number of aliphatic hydroxyl groups is 1. The molecule has 1 atom stereocenters. The first-order valence-electron chi connectivity index (χ1n) is 6.23. The second-order valence-corrected chi connectivity index (χ2v) is 6.64. The summed E-state index contributed by atoms with van der Waals surface area (Å²) in [5.41, 5.74) is 0.144. The van der Waals surface area contributed by atoms with Gasteiger partial charge in [0.05, 0.1) is 5.01 Å². The highest BCUT2D eigenvalue weighted by Crippen LogP contribution is 2.26. The van der Waals surface area contributed by atoms with E-state index in [0.29, 0.717) is 6.04 Å². The smallest absolute Gasteiger partial charge is 0.0981 e. The van der Waals surface area contributed by atoms with Gasteiger partial charge in [-0.1, -0.05) is 20.8 Å². The van der Waals surface area contributed by atoms with E-state index in [9.17, 15) is 0 Å². The van der Waals surface area contributed by atoms with Crippen molar-refractivity contribution >= 4 is 11.3 Å².